The van der Waals surface area contributed by atoms with Gasteiger partial charge < -0.3 is 5.11 Å². The van der Waals surface area contributed by atoms with E-state index in [1.807, 2.05) is 0 Å². The molecule has 3 nitrogen and oxygen atoms in total. The Morgan fingerprint density at radius 1 is 1.27 bits per heavy atom. The summed E-state index contributed by atoms with van der Waals surface area (Å²) in [6.45, 7) is 4.34. The van der Waals surface area contributed by atoms with Crippen LogP contribution in [0.3, 0.4) is 0 Å². The van der Waals surface area contributed by atoms with Gasteiger partial charge in [0.05, 0.1) is 6.10 Å². The second kappa shape index (κ2) is 4.53. The molecule has 0 aromatic rings. The average Bonchev–Trinajstić information content (AvgIpc) is 2.67. The zero-order chi connectivity index (χ0) is 15.7. The van der Waals surface area contributed by atoms with Crippen LogP contribution in [-0.4, -0.2) is 22.8 Å². The molecule has 0 aromatic heterocycles. The molecule has 4 rings (SSSR count). The zero-order valence-corrected chi connectivity index (χ0v) is 13.6. The highest BCUT2D eigenvalue weighted by molar-refractivity contribution is 6.40. The minimum Gasteiger partial charge on any atom is -0.393 e. The number of ketones is 2. The van der Waals surface area contributed by atoms with Crippen molar-refractivity contribution in [2.45, 2.75) is 64.9 Å². The number of hydrogen-bond acceptors (Lipinski definition) is 3. The number of aliphatic hydroxyl groups is 1. The molecule has 0 spiro atoms. The van der Waals surface area contributed by atoms with Crippen LogP contribution in [0, 0.1) is 28.6 Å². The molecule has 0 aromatic carbocycles. The van der Waals surface area contributed by atoms with Gasteiger partial charge in [0, 0.05) is 12.3 Å². The topological polar surface area (TPSA) is 54.4 Å². The Morgan fingerprint density at radius 3 is 2.82 bits per heavy atom. The van der Waals surface area contributed by atoms with Gasteiger partial charge in [-0.3, -0.25) is 9.59 Å². The normalized spacial score (nSPS) is 51.0. The van der Waals surface area contributed by atoms with E-state index in [2.05, 4.69) is 19.9 Å². The van der Waals surface area contributed by atoms with E-state index in [1.165, 1.54) is 12.0 Å². The van der Waals surface area contributed by atoms with Crippen LogP contribution in [0.5, 0.6) is 0 Å². The molecule has 4 aliphatic rings. The largest absolute Gasteiger partial charge is 0.393 e. The summed E-state index contributed by atoms with van der Waals surface area (Å²) in [4.78, 5) is 24.6. The lowest BCUT2D eigenvalue weighted by atomic mass is 9.46. The van der Waals surface area contributed by atoms with Crippen molar-refractivity contribution in [3.05, 3.63) is 11.6 Å². The lowest BCUT2D eigenvalue weighted by molar-refractivity contribution is -0.146. The highest BCUT2D eigenvalue weighted by Crippen LogP contribution is 2.64. The smallest absolute Gasteiger partial charge is 0.202 e. The molecular weight excluding hydrogens is 276 g/mol. The van der Waals surface area contributed by atoms with E-state index in [1.54, 1.807) is 0 Å². The van der Waals surface area contributed by atoms with Crippen molar-refractivity contribution in [1.82, 2.24) is 0 Å². The van der Waals surface area contributed by atoms with Crippen molar-refractivity contribution in [3.63, 3.8) is 0 Å². The van der Waals surface area contributed by atoms with Gasteiger partial charge in [0.15, 0.2) is 5.78 Å². The van der Waals surface area contributed by atoms with Crippen LogP contribution in [0.2, 0.25) is 0 Å². The Hall–Kier alpha value is -0.960. The van der Waals surface area contributed by atoms with E-state index < -0.39 is 0 Å². The fourth-order valence-electron chi connectivity index (χ4n) is 6.53. The quantitative estimate of drug-likeness (QED) is 0.553. The molecule has 0 saturated heterocycles. The van der Waals surface area contributed by atoms with Crippen LogP contribution in [-0.2, 0) is 9.59 Å². The number of hydrogen-bond donors (Lipinski definition) is 1. The van der Waals surface area contributed by atoms with E-state index in [-0.39, 0.29) is 46.3 Å². The summed E-state index contributed by atoms with van der Waals surface area (Å²) < 4.78 is 0. The second-order valence-electron chi connectivity index (χ2n) is 8.63. The molecule has 3 saturated carbocycles. The minimum absolute atomic E-state index is 0.0355. The van der Waals surface area contributed by atoms with Crippen LogP contribution in [0.4, 0.5) is 0 Å². The Morgan fingerprint density at radius 2 is 2.05 bits per heavy atom. The highest BCUT2D eigenvalue weighted by Gasteiger charge is 2.63. The van der Waals surface area contributed by atoms with Crippen molar-refractivity contribution in [2.24, 2.45) is 28.6 Å². The van der Waals surface area contributed by atoms with Crippen molar-refractivity contribution in [2.75, 3.05) is 0 Å². The summed E-state index contributed by atoms with van der Waals surface area (Å²) in [7, 11) is 0. The summed E-state index contributed by atoms with van der Waals surface area (Å²) >= 11 is 0. The van der Waals surface area contributed by atoms with Gasteiger partial charge >= 0.3 is 0 Å². The van der Waals surface area contributed by atoms with Gasteiger partial charge in [-0.25, -0.2) is 0 Å². The first-order valence-corrected chi connectivity index (χ1v) is 8.81. The number of carbonyl (C=O) groups excluding carboxylic acids is 2. The van der Waals surface area contributed by atoms with E-state index in [4.69, 9.17) is 0 Å². The fourth-order valence-corrected chi connectivity index (χ4v) is 6.53. The van der Waals surface area contributed by atoms with E-state index in [9.17, 15) is 14.7 Å². The van der Waals surface area contributed by atoms with Crippen LogP contribution < -0.4 is 0 Å². The molecule has 0 radical (unpaired) electrons. The molecule has 3 fully saturated rings. The summed E-state index contributed by atoms with van der Waals surface area (Å²) in [5.74, 6) is -0.144. The Kier molecular flexibility index (Phi) is 3.01. The molecule has 1 N–H and O–H groups in total. The molecule has 0 aliphatic heterocycles. The number of fused-ring (bicyclic) bond motifs is 5. The molecule has 120 valence electrons. The van der Waals surface area contributed by atoms with Gasteiger partial charge in [-0.1, -0.05) is 25.5 Å². The third-order valence-corrected chi connectivity index (χ3v) is 7.36. The highest BCUT2D eigenvalue weighted by atomic mass is 16.3. The number of allylic oxidation sites excluding steroid dienone is 2. The fraction of sp³-hybridized carbons (Fsp3) is 0.789. The first-order valence-electron chi connectivity index (χ1n) is 8.81. The molecule has 3 heteroatoms. The van der Waals surface area contributed by atoms with Gasteiger partial charge in [-0.2, -0.15) is 0 Å². The van der Waals surface area contributed by atoms with Crippen molar-refractivity contribution in [1.29, 1.82) is 0 Å². The van der Waals surface area contributed by atoms with Gasteiger partial charge in [0.2, 0.25) is 5.78 Å². The predicted molar refractivity (Wildman–Crippen MR) is 83.1 cm³/mol. The third-order valence-electron chi connectivity index (χ3n) is 7.36. The first-order chi connectivity index (χ1) is 10.4. The lowest BCUT2D eigenvalue weighted by Crippen LogP contribution is -2.56. The van der Waals surface area contributed by atoms with E-state index in [0.717, 1.165) is 25.7 Å². The van der Waals surface area contributed by atoms with E-state index in [0.29, 0.717) is 12.8 Å². The maximum Gasteiger partial charge on any atom is 0.202 e. The molecule has 0 bridgehead atoms. The SMILES string of the molecule is C[C@@]12CC(=O)C(=O)[C@H]1[C@@H]1CCC3=CCCC[C@]3(C)[C@H]1C(O)C2. The van der Waals surface area contributed by atoms with Crippen molar-refractivity contribution in [3.8, 4) is 0 Å². The molecule has 4 aliphatic carbocycles. The Bertz CT molecular complexity index is 577. The maximum absolute atomic E-state index is 12.5. The summed E-state index contributed by atoms with van der Waals surface area (Å²) in [5, 5.41) is 10.9. The molecule has 0 heterocycles. The molecule has 0 amide bonds. The first kappa shape index (κ1) is 14.6. The van der Waals surface area contributed by atoms with Crippen LogP contribution in [0.25, 0.3) is 0 Å². The minimum atomic E-state index is -0.378. The molecule has 6 atom stereocenters. The summed E-state index contributed by atoms with van der Waals surface area (Å²) in [6.07, 6.45) is 8.39. The molecule has 22 heavy (non-hydrogen) atoms. The number of rotatable bonds is 0. The maximum atomic E-state index is 12.5. The van der Waals surface area contributed by atoms with Crippen molar-refractivity contribution >= 4 is 11.6 Å². The number of aliphatic hydroxyl groups excluding tert-OH is 1. The number of Topliss-reactive ketones (excluding diaryl/α,β-unsaturated/α-hetero) is 2. The van der Waals surface area contributed by atoms with Crippen molar-refractivity contribution < 1.29 is 14.7 Å². The van der Waals surface area contributed by atoms with Crippen LogP contribution >= 0.6 is 0 Å². The third kappa shape index (κ3) is 1.72. The second-order valence-corrected chi connectivity index (χ2v) is 8.63. The van der Waals surface area contributed by atoms with Gasteiger partial charge in [-0.15, -0.1) is 0 Å². The standard InChI is InChI=1S/C19H26O3/c1-18-9-13(20)15-12(16(18)17(22)14(21)10-18)7-6-11-5-3-4-8-19(11,15)2/h5,12-13,15-16,20H,3-4,6-10H2,1-2H3/t12-,13?,15-,16-,18-,19+/m1/s1. The lowest BCUT2D eigenvalue weighted by Gasteiger charge is -2.58. The molecular formula is C19H26O3. The Balaban J connectivity index is 1.78. The van der Waals surface area contributed by atoms with Gasteiger partial charge in [-0.05, 0) is 61.2 Å². The Labute approximate surface area is 132 Å². The molecule has 1 unspecified atom stereocenters. The average molecular weight is 302 g/mol. The zero-order valence-electron chi connectivity index (χ0n) is 13.6. The van der Waals surface area contributed by atoms with Crippen LogP contribution in [0.1, 0.15) is 58.8 Å². The number of carbonyl (C=O) groups is 2. The van der Waals surface area contributed by atoms with Crippen LogP contribution in [0.15, 0.2) is 11.6 Å². The van der Waals surface area contributed by atoms with E-state index >= 15 is 0 Å². The van der Waals surface area contributed by atoms with Gasteiger partial charge in [0.25, 0.3) is 0 Å². The monoisotopic (exact) mass is 302 g/mol. The van der Waals surface area contributed by atoms with Gasteiger partial charge in [0.1, 0.15) is 0 Å². The predicted octanol–water partition coefficient (Wildman–Crippen LogP) is 3.06. The summed E-state index contributed by atoms with van der Waals surface area (Å²) in [6, 6.07) is 0. The summed E-state index contributed by atoms with van der Waals surface area (Å²) in [5.41, 5.74) is 1.23.